The molecule has 4 rings (SSSR count). The summed E-state index contributed by atoms with van der Waals surface area (Å²) in [6, 6.07) is 8.48. The molecule has 1 saturated heterocycles. The minimum absolute atomic E-state index is 0.181. The third kappa shape index (κ3) is 2.33. The molecule has 1 unspecified atom stereocenters. The minimum atomic E-state index is 0.181. The Balaban J connectivity index is 1.55. The Morgan fingerprint density at radius 1 is 1.18 bits per heavy atom. The lowest BCUT2D eigenvalue weighted by Crippen LogP contribution is -2.42. The van der Waals surface area contributed by atoms with Crippen LogP contribution in [0.25, 0.3) is 10.9 Å². The van der Waals surface area contributed by atoms with Gasteiger partial charge in [0.15, 0.2) is 0 Å². The van der Waals surface area contributed by atoms with Gasteiger partial charge in [0, 0.05) is 35.6 Å². The Morgan fingerprint density at radius 2 is 1.95 bits per heavy atom. The van der Waals surface area contributed by atoms with Crippen molar-refractivity contribution in [2.45, 2.75) is 39.0 Å². The number of amides is 1. The summed E-state index contributed by atoms with van der Waals surface area (Å²) >= 11 is 0. The molecule has 1 N–H and O–H groups in total. The number of para-hydroxylation sites is 1. The van der Waals surface area contributed by atoms with Gasteiger partial charge >= 0.3 is 0 Å². The Hall–Kier alpha value is -1.77. The fourth-order valence-electron chi connectivity index (χ4n) is 4.07. The molecule has 116 valence electrons. The maximum absolute atomic E-state index is 12.8. The zero-order valence-corrected chi connectivity index (χ0v) is 13.3. The van der Waals surface area contributed by atoms with E-state index in [1.54, 1.807) is 0 Å². The van der Waals surface area contributed by atoms with Gasteiger partial charge in [0.05, 0.1) is 0 Å². The lowest BCUT2D eigenvalue weighted by molar-refractivity contribution is -0.137. The van der Waals surface area contributed by atoms with Crippen LogP contribution >= 0.6 is 0 Å². The lowest BCUT2D eigenvalue weighted by atomic mass is 9.85. The topological polar surface area (TPSA) is 36.1 Å². The first-order chi connectivity index (χ1) is 10.7. The molecule has 1 amide bonds. The van der Waals surface area contributed by atoms with Gasteiger partial charge < -0.3 is 9.88 Å². The Labute approximate surface area is 131 Å². The number of carbonyl (C=O) groups is 1. The average Bonchev–Trinajstić information content (AvgIpc) is 2.92. The number of aromatic amines is 1. The van der Waals surface area contributed by atoms with E-state index in [2.05, 4.69) is 41.1 Å². The molecule has 3 nitrogen and oxygen atoms in total. The maximum Gasteiger partial charge on any atom is 0.226 e. The summed E-state index contributed by atoms with van der Waals surface area (Å²) < 4.78 is 0. The summed E-state index contributed by atoms with van der Waals surface area (Å²) in [7, 11) is 0. The van der Waals surface area contributed by atoms with Crippen LogP contribution in [0, 0.1) is 11.8 Å². The van der Waals surface area contributed by atoms with E-state index in [-0.39, 0.29) is 5.92 Å². The number of aryl methyl sites for hydroxylation is 1. The molecule has 0 saturated carbocycles. The van der Waals surface area contributed by atoms with Crippen molar-refractivity contribution in [2.75, 3.05) is 13.1 Å². The molecule has 2 aromatic rings. The quantitative estimate of drug-likeness (QED) is 0.858. The van der Waals surface area contributed by atoms with Crippen molar-refractivity contribution in [1.82, 2.24) is 9.88 Å². The van der Waals surface area contributed by atoms with Crippen molar-refractivity contribution in [1.29, 1.82) is 0 Å². The van der Waals surface area contributed by atoms with E-state index in [9.17, 15) is 4.79 Å². The smallest absolute Gasteiger partial charge is 0.226 e. The van der Waals surface area contributed by atoms with Crippen LogP contribution < -0.4 is 0 Å². The second-order valence-corrected chi connectivity index (χ2v) is 7.08. The molecule has 1 fully saturated rings. The highest BCUT2D eigenvalue weighted by Crippen LogP contribution is 2.33. The summed E-state index contributed by atoms with van der Waals surface area (Å²) in [6.07, 6.45) is 5.23. The van der Waals surface area contributed by atoms with Crippen molar-refractivity contribution in [3.63, 3.8) is 0 Å². The van der Waals surface area contributed by atoms with Crippen LogP contribution in [0.15, 0.2) is 24.3 Å². The van der Waals surface area contributed by atoms with Crippen molar-refractivity contribution in [3.8, 4) is 0 Å². The highest BCUT2D eigenvalue weighted by molar-refractivity contribution is 5.87. The fraction of sp³-hybridized carbons (Fsp3) is 0.526. The SMILES string of the molecule is CC1CCN(C(=O)C2CCc3[nH]c4ccccc4c3C2)CC1. The van der Waals surface area contributed by atoms with E-state index < -0.39 is 0 Å². The number of nitrogens with zero attached hydrogens (tertiary/aromatic N) is 1. The van der Waals surface area contributed by atoms with E-state index in [4.69, 9.17) is 0 Å². The van der Waals surface area contributed by atoms with Gasteiger partial charge in [-0.15, -0.1) is 0 Å². The number of nitrogens with one attached hydrogen (secondary N) is 1. The van der Waals surface area contributed by atoms with E-state index in [0.29, 0.717) is 5.91 Å². The van der Waals surface area contributed by atoms with Gasteiger partial charge in [-0.1, -0.05) is 25.1 Å². The van der Waals surface area contributed by atoms with Gasteiger partial charge in [-0.05, 0) is 49.7 Å². The van der Waals surface area contributed by atoms with Crippen molar-refractivity contribution < 1.29 is 4.79 Å². The average molecular weight is 296 g/mol. The molecule has 1 aliphatic carbocycles. The summed E-state index contributed by atoms with van der Waals surface area (Å²) in [5.74, 6) is 1.35. The molecule has 1 aliphatic heterocycles. The number of fused-ring (bicyclic) bond motifs is 3. The first-order valence-electron chi connectivity index (χ1n) is 8.59. The number of H-pyrrole nitrogens is 1. The first kappa shape index (κ1) is 13.9. The third-order valence-corrected chi connectivity index (χ3v) is 5.54. The number of benzene rings is 1. The Morgan fingerprint density at radius 3 is 2.77 bits per heavy atom. The van der Waals surface area contributed by atoms with E-state index in [1.807, 2.05) is 0 Å². The summed E-state index contributed by atoms with van der Waals surface area (Å²) in [5.41, 5.74) is 3.94. The Bertz CT molecular complexity index is 695. The van der Waals surface area contributed by atoms with Gasteiger partial charge in [-0.3, -0.25) is 4.79 Å². The van der Waals surface area contributed by atoms with E-state index in [1.165, 1.54) is 22.2 Å². The molecule has 22 heavy (non-hydrogen) atoms. The molecule has 0 radical (unpaired) electrons. The second kappa shape index (κ2) is 5.45. The summed E-state index contributed by atoms with van der Waals surface area (Å²) in [5, 5.41) is 1.31. The number of rotatable bonds is 1. The molecule has 1 atom stereocenters. The Kier molecular flexibility index (Phi) is 3.44. The molecule has 0 spiro atoms. The van der Waals surface area contributed by atoms with Crippen molar-refractivity contribution >= 4 is 16.8 Å². The molecular formula is C19H24N2O. The van der Waals surface area contributed by atoms with Crippen LogP contribution in [-0.4, -0.2) is 28.9 Å². The van der Waals surface area contributed by atoms with Gasteiger partial charge in [-0.2, -0.15) is 0 Å². The van der Waals surface area contributed by atoms with Gasteiger partial charge in [0.2, 0.25) is 5.91 Å². The maximum atomic E-state index is 12.8. The molecule has 0 bridgehead atoms. The summed E-state index contributed by atoms with van der Waals surface area (Å²) in [4.78, 5) is 18.5. The predicted molar refractivity (Wildman–Crippen MR) is 88.8 cm³/mol. The number of piperidine rings is 1. The van der Waals surface area contributed by atoms with E-state index in [0.717, 1.165) is 51.1 Å². The highest BCUT2D eigenvalue weighted by Gasteiger charge is 2.31. The molecule has 3 heteroatoms. The predicted octanol–water partition coefficient (Wildman–Crippen LogP) is 3.53. The fourth-order valence-corrected chi connectivity index (χ4v) is 4.07. The first-order valence-corrected chi connectivity index (χ1v) is 8.59. The van der Waals surface area contributed by atoms with Crippen LogP contribution in [-0.2, 0) is 17.6 Å². The zero-order valence-electron chi connectivity index (χ0n) is 13.3. The normalized spacial score (nSPS) is 22.8. The summed E-state index contributed by atoms with van der Waals surface area (Å²) in [6.45, 7) is 4.20. The molecule has 2 heterocycles. The van der Waals surface area contributed by atoms with Crippen LogP contribution in [0.5, 0.6) is 0 Å². The minimum Gasteiger partial charge on any atom is -0.358 e. The van der Waals surface area contributed by atoms with Crippen LogP contribution in [0.1, 0.15) is 37.4 Å². The third-order valence-electron chi connectivity index (χ3n) is 5.54. The van der Waals surface area contributed by atoms with Crippen molar-refractivity contribution in [3.05, 3.63) is 35.5 Å². The van der Waals surface area contributed by atoms with Gasteiger partial charge in [0.1, 0.15) is 0 Å². The van der Waals surface area contributed by atoms with Gasteiger partial charge in [-0.25, -0.2) is 0 Å². The van der Waals surface area contributed by atoms with Crippen LogP contribution in [0.2, 0.25) is 0 Å². The van der Waals surface area contributed by atoms with Crippen LogP contribution in [0.3, 0.4) is 0 Å². The second-order valence-electron chi connectivity index (χ2n) is 7.08. The molecule has 2 aliphatic rings. The number of hydrogen-bond acceptors (Lipinski definition) is 1. The zero-order chi connectivity index (χ0) is 15.1. The van der Waals surface area contributed by atoms with Crippen molar-refractivity contribution in [2.24, 2.45) is 11.8 Å². The van der Waals surface area contributed by atoms with E-state index >= 15 is 0 Å². The molecular weight excluding hydrogens is 272 g/mol. The largest absolute Gasteiger partial charge is 0.358 e. The molecule has 1 aromatic heterocycles. The monoisotopic (exact) mass is 296 g/mol. The number of hydrogen-bond donors (Lipinski definition) is 1. The van der Waals surface area contributed by atoms with Gasteiger partial charge in [0.25, 0.3) is 0 Å². The standard InChI is InChI=1S/C19H24N2O/c1-13-8-10-21(11-9-13)19(22)14-6-7-18-16(12-14)15-4-2-3-5-17(15)20-18/h2-5,13-14,20H,6-12H2,1H3. The number of likely N-dealkylation sites (tertiary alicyclic amines) is 1. The van der Waals surface area contributed by atoms with Crippen LogP contribution in [0.4, 0.5) is 0 Å². The number of aromatic nitrogens is 1. The number of carbonyl (C=O) groups excluding carboxylic acids is 1. The molecule has 1 aromatic carbocycles. The lowest BCUT2D eigenvalue weighted by Gasteiger charge is -2.34. The highest BCUT2D eigenvalue weighted by atomic mass is 16.2.